The van der Waals surface area contributed by atoms with Crippen molar-refractivity contribution in [2.75, 3.05) is 29.6 Å². The van der Waals surface area contributed by atoms with Gasteiger partial charge in [-0.25, -0.2) is 28.4 Å². The van der Waals surface area contributed by atoms with Crippen molar-refractivity contribution in [1.82, 2.24) is 34.5 Å². The molecule has 4 aromatic heterocycles. The van der Waals surface area contributed by atoms with E-state index in [-0.39, 0.29) is 16.9 Å². The van der Waals surface area contributed by atoms with Crippen LogP contribution in [0.2, 0.25) is 0 Å². The number of sulfone groups is 1. The lowest BCUT2D eigenvalue weighted by atomic mass is 9.96. The van der Waals surface area contributed by atoms with Crippen LogP contribution in [0, 0.1) is 6.92 Å². The summed E-state index contributed by atoms with van der Waals surface area (Å²) < 4.78 is 63.7. The molecular weight excluding hydrogens is 511 g/mol. The first-order chi connectivity index (χ1) is 17.5. The lowest BCUT2D eigenvalue weighted by Gasteiger charge is -2.31. The van der Waals surface area contributed by atoms with E-state index >= 15 is 0 Å². The second-order valence-electron chi connectivity index (χ2n) is 8.74. The maximum absolute atomic E-state index is 12.8. The van der Waals surface area contributed by atoms with Crippen molar-refractivity contribution in [2.24, 2.45) is 0 Å². The zero-order chi connectivity index (χ0) is 26.4. The van der Waals surface area contributed by atoms with Gasteiger partial charge in [-0.15, -0.1) is 10.2 Å². The molecule has 1 N–H and O–H groups in total. The van der Waals surface area contributed by atoms with Crippen molar-refractivity contribution >= 4 is 32.9 Å². The highest BCUT2D eigenvalue weighted by Crippen LogP contribution is 2.32. The minimum absolute atomic E-state index is 0.0143. The van der Waals surface area contributed by atoms with Crippen LogP contribution in [0.15, 0.2) is 41.9 Å². The van der Waals surface area contributed by atoms with Crippen molar-refractivity contribution in [2.45, 2.75) is 36.9 Å². The van der Waals surface area contributed by atoms with Crippen molar-refractivity contribution in [1.29, 1.82) is 0 Å². The van der Waals surface area contributed by atoms with E-state index in [0.29, 0.717) is 48.8 Å². The molecule has 37 heavy (non-hydrogen) atoms. The second kappa shape index (κ2) is 9.21. The molecule has 5 heterocycles. The van der Waals surface area contributed by atoms with E-state index in [1.165, 1.54) is 6.07 Å². The zero-order valence-corrected chi connectivity index (χ0v) is 20.6. The van der Waals surface area contributed by atoms with Crippen molar-refractivity contribution in [3.63, 3.8) is 0 Å². The molecular formula is C22H22F3N9O2S. The minimum atomic E-state index is -4.47. The molecule has 0 aliphatic carbocycles. The summed E-state index contributed by atoms with van der Waals surface area (Å²) >= 11 is 0. The summed E-state index contributed by atoms with van der Waals surface area (Å²) in [5, 5.41) is 11.8. The van der Waals surface area contributed by atoms with E-state index < -0.39 is 21.6 Å². The van der Waals surface area contributed by atoms with Crippen LogP contribution in [0.4, 0.5) is 30.6 Å². The number of nitrogens with zero attached hydrogens (tertiary/aromatic N) is 8. The van der Waals surface area contributed by atoms with Gasteiger partial charge in [-0.2, -0.15) is 13.2 Å². The summed E-state index contributed by atoms with van der Waals surface area (Å²) in [6.45, 7) is 2.80. The van der Waals surface area contributed by atoms with Gasteiger partial charge in [0.15, 0.2) is 20.7 Å². The Morgan fingerprint density at radius 3 is 2.38 bits per heavy atom. The quantitative estimate of drug-likeness (QED) is 0.408. The maximum Gasteiger partial charge on any atom is 0.419 e. The average Bonchev–Trinajstić information content (AvgIpc) is 3.29. The van der Waals surface area contributed by atoms with Gasteiger partial charge in [0, 0.05) is 50.1 Å². The first-order valence-corrected chi connectivity index (χ1v) is 13.2. The van der Waals surface area contributed by atoms with Crippen LogP contribution < -0.4 is 10.2 Å². The number of pyridine rings is 1. The van der Waals surface area contributed by atoms with Gasteiger partial charge in [0.05, 0.1) is 16.9 Å². The molecule has 1 aliphatic rings. The van der Waals surface area contributed by atoms with Crippen LogP contribution in [0.25, 0.3) is 5.65 Å². The van der Waals surface area contributed by atoms with E-state index in [9.17, 15) is 21.6 Å². The molecule has 0 amide bonds. The van der Waals surface area contributed by atoms with Crippen molar-refractivity contribution in [3.8, 4) is 0 Å². The van der Waals surface area contributed by atoms with Gasteiger partial charge >= 0.3 is 6.18 Å². The van der Waals surface area contributed by atoms with Gasteiger partial charge in [-0.3, -0.25) is 4.40 Å². The van der Waals surface area contributed by atoms with E-state index in [1.807, 2.05) is 9.30 Å². The monoisotopic (exact) mass is 533 g/mol. The minimum Gasteiger partial charge on any atom is -0.341 e. The van der Waals surface area contributed by atoms with E-state index in [1.54, 1.807) is 25.4 Å². The average molecular weight is 534 g/mol. The Morgan fingerprint density at radius 1 is 1.05 bits per heavy atom. The molecule has 0 unspecified atom stereocenters. The van der Waals surface area contributed by atoms with Crippen LogP contribution in [-0.4, -0.2) is 62.3 Å². The Morgan fingerprint density at radius 2 is 1.76 bits per heavy atom. The molecule has 0 spiro atoms. The molecule has 15 heteroatoms. The summed E-state index contributed by atoms with van der Waals surface area (Å²) in [7, 11) is -3.43. The molecule has 1 aliphatic heterocycles. The SMILES string of the molecule is Cc1nc(S(C)(=O)=O)ccc1Nc1nccn2c(C3CCN(c4ncc(C(F)(F)F)cn4)CC3)nnc12. The number of alkyl halides is 3. The predicted molar refractivity (Wildman–Crippen MR) is 127 cm³/mol. The Labute approximate surface area is 209 Å². The molecule has 1 fully saturated rings. The Balaban J connectivity index is 1.32. The summed E-state index contributed by atoms with van der Waals surface area (Å²) in [5.74, 6) is 1.51. The molecule has 0 bridgehead atoms. The number of hydrogen-bond acceptors (Lipinski definition) is 10. The summed E-state index contributed by atoms with van der Waals surface area (Å²) in [5.41, 5.74) is 0.695. The number of rotatable bonds is 5. The topological polar surface area (TPSA) is 131 Å². The molecule has 1 saturated heterocycles. The number of fused-ring (bicyclic) bond motifs is 1. The predicted octanol–water partition coefficient (Wildman–Crippen LogP) is 3.17. The lowest BCUT2D eigenvalue weighted by molar-refractivity contribution is -0.138. The largest absolute Gasteiger partial charge is 0.419 e. The maximum atomic E-state index is 12.8. The highest BCUT2D eigenvalue weighted by atomic mass is 32.2. The number of anilines is 3. The smallest absolute Gasteiger partial charge is 0.341 e. The number of hydrogen-bond donors (Lipinski definition) is 1. The van der Waals surface area contributed by atoms with Gasteiger partial charge in [0.1, 0.15) is 5.82 Å². The van der Waals surface area contributed by atoms with Crippen molar-refractivity contribution < 1.29 is 21.6 Å². The molecule has 0 radical (unpaired) electrons. The fourth-order valence-corrected chi connectivity index (χ4v) is 4.80. The molecule has 11 nitrogen and oxygen atoms in total. The van der Waals surface area contributed by atoms with Crippen LogP contribution in [0.5, 0.6) is 0 Å². The molecule has 5 rings (SSSR count). The second-order valence-corrected chi connectivity index (χ2v) is 10.7. The third kappa shape index (κ3) is 5.03. The lowest BCUT2D eigenvalue weighted by Crippen LogP contribution is -2.34. The molecule has 4 aromatic rings. The van der Waals surface area contributed by atoms with Crippen LogP contribution in [0.1, 0.15) is 35.8 Å². The highest BCUT2D eigenvalue weighted by molar-refractivity contribution is 7.90. The van der Waals surface area contributed by atoms with Crippen LogP contribution >= 0.6 is 0 Å². The van der Waals surface area contributed by atoms with E-state index in [2.05, 4.69) is 35.5 Å². The fourth-order valence-electron chi connectivity index (χ4n) is 4.18. The molecule has 0 aromatic carbocycles. The van der Waals surface area contributed by atoms with Gasteiger partial charge < -0.3 is 10.2 Å². The van der Waals surface area contributed by atoms with Gasteiger partial charge in [0.25, 0.3) is 0 Å². The first-order valence-electron chi connectivity index (χ1n) is 11.3. The van der Waals surface area contributed by atoms with E-state index in [4.69, 9.17) is 0 Å². The van der Waals surface area contributed by atoms with Crippen molar-refractivity contribution in [3.05, 3.63) is 54.0 Å². The van der Waals surface area contributed by atoms with Crippen LogP contribution in [0.3, 0.4) is 0 Å². The fraction of sp³-hybridized carbons (Fsp3) is 0.364. The normalized spacial score (nSPS) is 15.3. The van der Waals surface area contributed by atoms with Gasteiger partial charge in [-0.05, 0) is 31.9 Å². The summed E-state index contributed by atoms with van der Waals surface area (Å²) in [6.07, 6.45) is 2.97. The Hall–Kier alpha value is -3.88. The third-order valence-electron chi connectivity index (χ3n) is 6.16. The number of aryl methyl sites for hydroxylation is 1. The standard InChI is InChI=1S/C22H22F3N9O2S/c1-13-16(3-4-17(29-13)37(2,35)36)30-18-20-32-31-19(34(20)10-7-26-18)14-5-8-33(9-6-14)21-27-11-15(12-28-21)22(23,24)25/h3-4,7,10-12,14H,5-6,8-9H2,1-2H3,(H,26,30). The molecule has 0 atom stereocenters. The third-order valence-corrected chi connectivity index (χ3v) is 7.14. The summed E-state index contributed by atoms with van der Waals surface area (Å²) in [6, 6.07) is 3.05. The Kier molecular flexibility index (Phi) is 6.17. The summed E-state index contributed by atoms with van der Waals surface area (Å²) in [4.78, 5) is 18.2. The number of nitrogens with one attached hydrogen (secondary N) is 1. The van der Waals surface area contributed by atoms with Gasteiger partial charge in [-0.1, -0.05) is 0 Å². The zero-order valence-electron chi connectivity index (χ0n) is 19.8. The molecule has 0 saturated carbocycles. The Bertz CT molecular complexity index is 1550. The number of halogens is 3. The number of piperidine rings is 1. The van der Waals surface area contributed by atoms with E-state index in [0.717, 1.165) is 24.5 Å². The number of aromatic nitrogens is 7. The highest BCUT2D eigenvalue weighted by Gasteiger charge is 2.32. The molecule has 194 valence electrons. The van der Waals surface area contributed by atoms with Gasteiger partial charge in [0.2, 0.25) is 11.6 Å². The first kappa shape index (κ1) is 24.8. The van der Waals surface area contributed by atoms with Crippen LogP contribution in [-0.2, 0) is 16.0 Å².